The molecule has 2 aliphatic rings. The summed E-state index contributed by atoms with van der Waals surface area (Å²) in [5.74, 6) is -0.421. The van der Waals surface area contributed by atoms with Crippen molar-refractivity contribution in [1.29, 1.82) is 0 Å². The predicted molar refractivity (Wildman–Crippen MR) is 117 cm³/mol. The molecule has 1 saturated carbocycles. The van der Waals surface area contributed by atoms with Gasteiger partial charge in [-0.2, -0.15) is 0 Å². The van der Waals surface area contributed by atoms with E-state index in [4.69, 9.17) is 16.3 Å². The molecular weight excluding hydrogens is 419 g/mol. The summed E-state index contributed by atoms with van der Waals surface area (Å²) in [5.41, 5.74) is 0.856. The fourth-order valence-corrected chi connectivity index (χ4v) is 4.47. The van der Waals surface area contributed by atoms with Crippen LogP contribution in [-0.2, 0) is 10.2 Å². The SMILES string of the molecule is COc1ccc(C(=O)N2CCC[C@@H](CNC(=O)C3(c4ccc(Cl)cc4)CC3)C2)cc1F. The Morgan fingerprint density at radius 2 is 1.97 bits per heavy atom. The summed E-state index contributed by atoms with van der Waals surface area (Å²) in [6.07, 6.45) is 3.46. The van der Waals surface area contributed by atoms with Crippen LogP contribution in [0, 0.1) is 11.7 Å². The van der Waals surface area contributed by atoms with E-state index in [9.17, 15) is 14.0 Å². The van der Waals surface area contributed by atoms with Crippen molar-refractivity contribution in [3.8, 4) is 5.75 Å². The van der Waals surface area contributed by atoms with Gasteiger partial charge in [-0.1, -0.05) is 23.7 Å². The number of methoxy groups -OCH3 is 1. The lowest BCUT2D eigenvalue weighted by Gasteiger charge is -2.33. The molecule has 31 heavy (non-hydrogen) atoms. The van der Waals surface area contributed by atoms with E-state index < -0.39 is 11.2 Å². The molecule has 0 spiro atoms. The second kappa shape index (κ2) is 8.87. The Kier molecular flexibility index (Phi) is 6.19. The molecule has 1 atom stereocenters. The van der Waals surface area contributed by atoms with Gasteiger partial charge in [-0.3, -0.25) is 9.59 Å². The van der Waals surface area contributed by atoms with Crippen molar-refractivity contribution in [3.05, 3.63) is 64.4 Å². The Labute approximate surface area is 186 Å². The zero-order chi connectivity index (χ0) is 22.0. The lowest BCUT2D eigenvalue weighted by molar-refractivity contribution is -0.123. The highest BCUT2D eigenvalue weighted by Gasteiger charge is 2.51. The number of hydrogen-bond donors (Lipinski definition) is 1. The zero-order valence-corrected chi connectivity index (χ0v) is 18.3. The number of carbonyl (C=O) groups is 2. The number of halogens is 2. The maximum absolute atomic E-state index is 14.0. The van der Waals surface area contributed by atoms with Crippen molar-refractivity contribution in [2.75, 3.05) is 26.7 Å². The molecule has 0 unspecified atom stereocenters. The van der Waals surface area contributed by atoms with Crippen LogP contribution in [0.4, 0.5) is 4.39 Å². The fraction of sp³-hybridized carbons (Fsp3) is 0.417. The molecule has 0 radical (unpaired) electrons. The van der Waals surface area contributed by atoms with Crippen LogP contribution in [-0.4, -0.2) is 43.5 Å². The molecule has 5 nitrogen and oxygen atoms in total. The van der Waals surface area contributed by atoms with E-state index >= 15 is 0 Å². The van der Waals surface area contributed by atoms with E-state index in [0.29, 0.717) is 30.2 Å². The van der Waals surface area contributed by atoms with Gasteiger partial charge < -0.3 is 15.0 Å². The molecule has 164 valence electrons. The summed E-state index contributed by atoms with van der Waals surface area (Å²) in [5, 5.41) is 3.76. The summed E-state index contributed by atoms with van der Waals surface area (Å²) in [7, 11) is 1.39. The summed E-state index contributed by atoms with van der Waals surface area (Å²) >= 11 is 5.97. The number of benzene rings is 2. The van der Waals surface area contributed by atoms with Crippen molar-refractivity contribution >= 4 is 23.4 Å². The highest BCUT2D eigenvalue weighted by molar-refractivity contribution is 6.30. The Balaban J connectivity index is 1.35. The molecule has 1 saturated heterocycles. The van der Waals surface area contributed by atoms with E-state index in [1.807, 2.05) is 24.3 Å². The lowest BCUT2D eigenvalue weighted by atomic mass is 9.93. The Morgan fingerprint density at radius 1 is 1.23 bits per heavy atom. The van der Waals surface area contributed by atoms with Crippen LogP contribution >= 0.6 is 11.6 Å². The molecule has 0 bridgehead atoms. The van der Waals surface area contributed by atoms with Crippen LogP contribution in [0.3, 0.4) is 0 Å². The monoisotopic (exact) mass is 444 g/mol. The van der Waals surface area contributed by atoms with Crippen molar-refractivity contribution in [1.82, 2.24) is 10.2 Å². The number of ether oxygens (including phenoxy) is 1. The number of likely N-dealkylation sites (tertiary alicyclic amines) is 1. The number of rotatable bonds is 6. The van der Waals surface area contributed by atoms with E-state index in [-0.39, 0.29) is 23.5 Å². The number of piperidine rings is 1. The summed E-state index contributed by atoms with van der Waals surface area (Å²) in [6, 6.07) is 11.7. The first-order valence-electron chi connectivity index (χ1n) is 10.6. The van der Waals surface area contributed by atoms with Gasteiger partial charge in [-0.15, -0.1) is 0 Å². The molecule has 7 heteroatoms. The van der Waals surface area contributed by atoms with Gasteiger partial charge in [-0.25, -0.2) is 4.39 Å². The molecule has 1 heterocycles. The second-order valence-electron chi connectivity index (χ2n) is 8.41. The maximum atomic E-state index is 14.0. The number of amides is 2. The van der Waals surface area contributed by atoms with Crippen LogP contribution in [0.5, 0.6) is 5.75 Å². The Morgan fingerprint density at radius 3 is 2.61 bits per heavy atom. The van der Waals surface area contributed by atoms with Crippen molar-refractivity contribution < 1.29 is 18.7 Å². The zero-order valence-electron chi connectivity index (χ0n) is 17.5. The van der Waals surface area contributed by atoms with Crippen LogP contribution in [0.1, 0.15) is 41.6 Å². The van der Waals surface area contributed by atoms with Gasteiger partial charge in [0.05, 0.1) is 12.5 Å². The smallest absolute Gasteiger partial charge is 0.253 e. The molecule has 2 aromatic carbocycles. The average molecular weight is 445 g/mol. The first-order chi connectivity index (χ1) is 14.9. The standard InChI is InChI=1S/C24H26ClFN2O3/c1-31-21-9-4-17(13-20(21)26)22(29)28-12-2-3-16(15-28)14-27-23(30)24(10-11-24)18-5-7-19(25)8-6-18/h4-9,13,16H,2-3,10-12,14-15H2,1H3,(H,27,30)/t16-/m0/s1. The fourth-order valence-electron chi connectivity index (χ4n) is 4.35. The van der Waals surface area contributed by atoms with Crippen LogP contribution in [0.2, 0.25) is 5.02 Å². The van der Waals surface area contributed by atoms with Crippen LogP contribution in [0.25, 0.3) is 0 Å². The summed E-state index contributed by atoms with van der Waals surface area (Å²) < 4.78 is 18.9. The van der Waals surface area contributed by atoms with Gasteiger partial charge in [0.2, 0.25) is 5.91 Å². The van der Waals surface area contributed by atoms with Crippen molar-refractivity contribution in [2.45, 2.75) is 31.1 Å². The first-order valence-corrected chi connectivity index (χ1v) is 11.0. The highest BCUT2D eigenvalue weighted by Crippen LogP contribution is 2.48. The number of hydrogen-bond acceptors (Lipinski definition) is 3. The highest BCUT2D eigenvalue weighted by atomic mass is 35.5. The third-order valence-corrected chi connectivity index (χ3v) is 6.59. The predicted octanol–water partition coefficient (Wildman–Crippen LogP) is 4.19. The van der Waals surface area contributed by atoms with Crippen LogP contribution < -0.4 is 10.1 Å². The Hall–Kier alpha value is -2.60. The minimum atomic E-state index is -0.550. The molecule has 4 rings (SSSR count). The normalized spacial score (nSPS) is 19.6. The van der Waals surface area contributed by atoms with E-state index in [2.05, 4.69) is 5.32 Å². The molecule has 1 aliphatic carbocycles. The van der Waals surface area contributed by atoms with Gasteiger partial charge in [0.1, 0.15) is 0 Å². The van der Waals surface area contributed by atoms with Crippen LogP contribution in [0.15, 0.2) is 42.5 Å². The summed E-state index contributed by atoms with van der Waals surface area (Å²) in [6.45, 7) is 1.70. The average Bonchev–Trinajstić information content (AvgIpc) is 3.59. The maximum Gasteiger partial charge on any atom is 0.253 e. The largest absolute Gasteiger partial charge is 0.494 e. The molecule has 2 fully saturated rings. The first kappa shape index (κ1) is 21.6. The van der Waals surface area contributed by atoms with Gasteiger partial charge in [0.15, 0.2) is 11.6 Å². The van der Waals surface area contributed by atoms with Gasteiger partial charge in [0, 0.05) is 30.2 Å². The summed E-state index contributed by atoms with van der Waals surface area (Å²) in [4.78, 5) is 27.5. The van der Waals surface area contributed by atoms with Gasteiger partial charge in [0.25, 0.3) is 5.91 Å². The Bertz CT molecular complexity index is 975. The third kappa shape index (κ3) is 4.54. The van der Waals surface area contributed by atoms with Crippen molar-refractivity contribution in [3.63, 3.8) is 0 Å². The van der Waals surface area contributed by atoms with E-state index in [1.54, 1.807) is 11.0 Å². The van der Waals surface area contributed by atoms with E-state index in [1.165, 1.54) is 19.2 Å². The molecule has 1 N–H and O–H groups in total. The van der Waals surface area contributed by atoms with Gasteiger partial charge >= 0.3 is 0 Å². The second-order valence-corrected chi connectivity index (χ2v) is 8.84. The molecule has 2 amide bonds. The number of nitrogens with one attached hydrogen (secondary N) is 1. The minimum absolute atomic E-state index is 0.0375. The molecule has 2 aromatic rings. The lowest BCUT2D eigenvalue weighted by Crippen LogP contribution is -2.45. The molecule has 1 aliphatic heterocycles. The minimum Gasteiger partial charge on any atom is -0.494 e. The quantitative estimate of drug-likeness (QED) is 0.726. The van der Waals surface area contributed by atoms with Gasteiger partial charge in [-0.05, 0) is 67.5 Å². The molecular formula is C24H26ClFN2O3. The van der Waals surface area contributed by atoms with Crippen molar-refractivity contribution in [2.24, 2.45) is 5.92 Å². The number of nitrogens with zero attached hydrogens (tertiary/aromatic N) is 1. The van der Waals surface area contributed by atoms with E-state index in [0.717, 1.165) is 31.2 Å². The number of carbonyl (C=O) groups excluding carboxylic acids is 2. The third-order valence-electron chi connectivity index (χ3n) is 6.34. The topological polar surface area (TPSA) is 58.6 Å². The molecule has 0 aromatic heterocycles.